The molecule has 12 heteroatoms. The second kappa shape index (κ2) is 12.8. The van der Waals surface area contributed by atoms with Crippen molar-refractivity contribution in [2.75, 3.05) is 20.3 Å². The molecule has 11 nitrogen and oxygen atoms in total. The Balaban J connectivity index is 1.10. The molecule has 1 aromatic carbocycles. The average Bonchev–Trinajstić information content (AvgIpc) is 3.46. The molecule has 0 amide bonds. The lowest BCUT2D eigenvalue weighted by molar-refractivity contribution is -0.208. The lowest BCUT2D eigenvalue weighted by atomic mass is 9.40. The summed E-state index contributed by atoms with van der Waals surface area (Å²) in [5.41, 5.74) is -2.54. The predicted octanol–water partition coefficient (Wildman–Crippen LogP) is 5.85. The van der Waals surface area contributed by atoms with E-state index in [0.29, 0.717) is 19.3 Å². The highest BCUT2D eigenvalue weighted by Gasteiger charge is 2.79. The van der Waals surface area contributed by atoms with Gasteiger partial charge in [-0.1, -0.05) is 38.3 Å². The smallest absolute Gasteiger partial charge is 0.493 e. The van der Waals surface area contributed by atoms with Gasteiger partial charge in [0.25, 0.3) is 0 Å². The van der Waals surface area contributed by atoms with Crippen LogP contribution in [-0.4, -0.2) is 78.9 Å². The lowest BCUT2D eigenvalue weighted by Gasteiger charge is -2.64. The Hall–Kier alpha value is -3.61. The van der Waals surface area contributed by atoms with Gasteiger partial charge in [0.2, 0.25) is 5.78 Å². The molecule has 0 aromatic heterocycles. The fourth-order valence-corrected chi connectivity index (χ4v) is 10.7. The summed E-state index contributed by atoms with van der Waals surface area (Å²) in [6.45, 7) is 6.99. The quantitative estimate of drug-likeness (QED) is 0.177. The van der Waals surface area contributed by atoms with Crippen LogP contribution >= 0.6 is 0 Å². The lowest BCUT2D eigenvalue weighted by Crippen LogP contribution is -2.66. The van der Waals surface area contributed by atoms with Crippen LogP contribution in [0, 0.1) is 34.5 Å². The summed E-state index contributed by atoms with van der Waals surface area (Å²) in [6.07, 6.45) is 4.84. The molecule has 5 fully saturated rings. The summed E-state index contributed by atoms with van der Waals surface area (Å²) in [5.74, 6) is -3.47. The van der Waals surface area contributed by atoms with Crippen LogP contribution in [0.15, 0.2) is 42.0 Å². The van der Waals surface area contributed by atoms with Crippen molar-refractivity contribution in [1.29, 1.82) is 0 Å². The van der Waals surface area contributed by atoms with E-state index in [0.717, 1.165) is 24.8 Å². The number of allylic oxidation sites excluding steroid dienone is 4. The van der Waals surface area contributed by atoms with E-state index in [2.05, 4.69) is 6.92 Å². The number of rotatable bonds is 10. The zero-order valence-corrected chi connectivity index (χ0v) is 29.8. The molecular formula is C39H47FO11. The number of aliphatic hydroxyl groups excluding tert-OH is 1. The number of ether oxygens (including phenoxy) is 6. The minimum Gasteiger partial charge on any atom is -0.493 e. The van der Waals surface area contributed by atoms with Gasteiger partial charge in [0.15, 0.2) is 35.3 Å². The number of carbonyl (C=O) groups excluding carboxylic acids is 4. The van der Waals surface area contributed by atoms with Crippen molar-refractivity contribution < 1.29 is 57.1 Å². The first-order chi connectivity index (χ1) is 24.2. The van der Waals surface area contributed by atoms with Gasteiger partial charge in [0.1, 0.15) is 6.17 Å². The Morgan fingerprint density at radius 2 is 1.88 bits per heavy atom. The molecule has 1 spiro atoms. The van der Waals surface area contributed by atoms with Crippen LogP contribution in [0.1, 0.15) is 83.0 Å². The number of esters is 1. The summed E-state index contributed by atoms with van der Waals surface area (Å²) >= 11 is 0. The van der Waals surface area contributed by atoms with Crippen molar-refractivity contribution in [2.45, 2.75) is 102 Å². The van der Waals surface area contributed by atoms with Crippen LogP contribution in [0.4, 0.5) is 9.18 Å². The molecule has 5 aliphatic carbocycles. The Morgan fingerprint density at radius 1 is 1.10 bits per heavy atom. The molecule has 0 bridgehead atoms. The number of halogens is 1. The topological polar surface area (TPSA) is 144 Å². The maximum atomic E-state index is 16.3. The molecule has 6 aliphatic rings. The number of unbranched alkanes of at least 4 members (excludes halogenated alkanes) is 2. The van der Waals surface area contributed by atoms with Gasteiger partial charge in [0, 0.05) is 16.7 Å². The molecule has 10 atom stereocenters. The predicted molar refractivity (Wildman–Crippen MR) is 179 cm³/mol. The van der Waals surface area contributed by atoms with E-state index < -0.39 is 71.0 Å². The Bertz CT molecular complexity index is 1680. The second-order valence-corrected chi connectivity index (χ2v) is 15.7. The van der Waals surface area contributed by atoms with Gasteiger partial charge in [-0.05, 0) is 94.1 Å². The molecule has 0 radical (unpaired) electrons. The van der Waals surface area contributed by atoms with E-state index in [1.165, 1.54) is 31.4 Å². The third kappa shape index (κ3) is 5.38. The van der Waals surface area contributed by atoms with Crippen LogP contribution < -0.4 is 9.47 Å². The minimum absolute atomic E-state index is 0.0238. The van der Waals surface area contributed by atoms with Crippen LogP contribution in [-0.2, 0) is 28.5 Å². The summed E-state index contributed by atoms with van der Waals surface area (Å²) in [7, 11) is 1.36. The van der Waals surface area contributed by atoms with Crippen molar-refractivity contribution in [3.05, 3.63) is 47.6 Å². The third-order valence-corrected chi connectivity index (χ3v) is 12.7. The molecule has 1 saturated heterocycles. The van der Waals surface area contributed by atoms with E-state index in [-0.39, 0.29) is 53.6 Å². The van der Waals surface area contributed by atoms with E-state index in [9.17, 15) is 24.3 Å². The largest absolute Gasteiger partial charge is 0.514 e. The molecule has 1 heterocycles. The normalized spacial score (nSPS) is 38.1. The molecule has 1 N–H and O–H groups in total. The minimum atomic E-state index is -1.60. The molecule has 1 aromatic rings. The van der Waals surface area contributed by atoms with Crippen molar-refractivity contribution in [3.63, 3.8) is 0 Å². The summed E-state index contributed by atoms with van der Waals surface area (Å²) in [6, 6.07) is 4.22. The first kappa shape index (κ1) is 35.8. The number of carbonyl (C=O) groups is 4. The highest BCUT2D eigenvalue weighted by molar-refractivity contribution is 6.01. The van der Waals surface area contributed by atoms with Gasteiger partial charge >= 0.3 is 12.1 Å². The standard InChI is InChI=1S/C39H47FO11/c1-6-7-8-15-47-34(44)21-9-12-27(28(16-21)46-5)49-35(45)48-20-29(43)39-30(50-36(2,3)51-39)18-25-24-11-10-22-17-23(41)13-14-38(22)32(24)31(33(38)40)26(42)19-37(25,39)4/h9,12-14,16-17,24-26,30-33,42H,6-8,10-11,15,18-20H2,1-5H3. The Morgan fingerprint density at radius 3 is 2.63 bits per heavy atom. The van der Waals surface area contributed by atoms with Gasteiger partial charge in [-0.2, -0.15) is 0 Å². The second-order valence-electron chi connectivity index (χ2n) is 15.7. The highest BCUT2D eigenvalue weighted by Crippen LogP contribution is 2.75. The van der Waals surface area contributed by atoms with Gasteiger partial charge in [0.05, 0.1) is 31.5 Å². The maximum absolute atomic E-state index is 16.3. The van der Waals surface area contributed by atoms with Gasteiger partial charge in [-0.3, -0.25) is 9.59 Å². The van der Waals surface area contributed by atoms with E-state index in [1.54, 1.807) is 26.0 Å². The third-order valence-electron chi connectivity index (χ3n) is 12.7. The molecule has 51 heavy (non-hydrogen) atoms. The maximum Gasteiger partial charge on any atom is 0.514 e. The summed E-state index contributed by atoms with van der Waals surface area (Å²) < 4.78 is 50.8. The SMILES string of the molecule is CCCCCOC(=O)c1ccc(OC(=O)OCC(=O)C23OC(C)(C)OC2CC2C4CCC5=CC(=O)C=CC56C(F)C(C(O)CC23C)C46)c(OC)c1. The van der Waals surface area contributed by atoms with E-state index >= 15 is 4.39 Å². The number of alkyl halides is 1. The van der Waals surface area contributed by atoms with Crippen molar-refractivity contribution in [2.24, 2.45) is 34.5 Å². The number of hydrogen-bond acceptors (Lipinski definition) is 11. The van der Waals surface area contributed by atoms with E-state index in [4.69, 9.17) is 28.4 Å². The summed E-state index contributed by atoms with van der Waals surface area (Å²) in [4.78, 5) is 52.3. The number of hydrogen-bond donors (Lipinski definition) is 1. The van der Waals surface area contributed by atoms with Gasteiger partial charge in [-0.15, -0.1) is 0 Å². The van der Waals surface area contributed by atoms with Crippen molar-refractivity contribution in [1.82, 2.24) is 0 Å². The number of fused-ring (bicyclic) bond motifs is 4. The molecule has 10 unspecified atom stereocenters. The van der Waals surface area contributed by atoms with Crippen LogP contribution in [0.25, 0.3) is 0 Å². The Kier molecular flexibility index (Phi) is 8.98. The van der Waals surface area contributed by atoms with Gasteiger partial charge in [-0.25, -0.2) is 14.0 Å². The molecule has 4 saturated carbocycles. The fraction of sp³-hybridized carbons (Fsp3) is 0.641. The average molecular weight is 711 g/mol. The first-order valence-electron chi connectivity index (χ1n) is 18.1. The number of aliphatic hydroxyl groups is 1. The Labute approximate surface area is 296 Å². The zero-order chi connectivity index (χ0) is 36.5. The van der Waals surface area contributed by atoms with Crippen LogP contribution in [0.2, 0.25) is 0 Å². The van der Waals surface area contributed by atoms with Crippen molar-refractivity contribution in [3.8, 4) is 11.5 Å². The van der Waals surface area contributed by atoms with Crippen LogP contribution in [0.5, 0.6) is 11.5 Å². The molecule has 276 valence electrons. The molecular weight excluding hydrogens is 663 g/mol. The highest BCUT2D eigenvalue weighted by atomic mass is 19.1. The number of methoxy groups -OCH3 is 1. The number of benzene rings is 1. The number of Topliss-reactive ketones (excluding diaryl/α,β-unsaturated/α-hetero) is 1. The first-order valence-corrected chi connectivity index (χ1v) is 18.1. The van der Waals surface area contributed by atoms with E-state index in [1.807, 2.05) is 6.92 Å². The fourth-order valence-electron chi connectivity index (χ4n) is 10.7. The zero-order valence-electron chi connectivity index (χ0n) is 29.8. The van der Waals surface area contributed by atoms with Gasteiger partial charge < -0.3 is 33.5 Å². The van der Waals surface area contributed by atoms with Crippen molar-refractivity contribution >= 4 is 23.7 Å². The monoisotopic (exact) mass is 710 g/mol. The summed E-state index contributed by atoms with van der Waals surface area (Å²) in [5, 5.41) is 11.7. The number of ketones is 2. The molecule has 7 rings (SSSR count). The van der Waals surface area contributed by atoms with Crippen LogP contribution in [0.3, 0.4) is 0 Å². The molecule has 1 aliphatic heterocycles.